The number of ether oxygens (including phenoxy) is 1. The monoisotopic (exact) mass is 681 g/mol. The molecule has 0 saturated carbocycles. The molecule has 4 aromatic carbocycles. The highest BCUT2D eigenvalue weighted by Crippen LogP contribution is 2.26. The fraction of sp³-hybridized carbons (Fsp3) is 0.206. The van der Waals surface area contributed by atoms with Crippen LogP contribution >= 0.6 is 15.9 Å². The van der Waals surface area contributed by atoms with E-state index in [9.17, 15) is 27.6 Å². The maximum atomic E-state index is 13.6. The fourth-order valence-electron chi connectivity index (χ4n) is 4.61. The summed E-state index contributed by atoms with van der Waals surface area (Å²) >= 11 is 3.41. The van der Waals surface area contributed by atoms with Gasteiger partial charge in [0.15, 0.2) is 0 Å². The van der Waals surface area contributed by atoms with E-state index in [1.54, 1.807) is 29.2 Å². The molecule has 0 aromatic heterocycles. The number of hydrogen-bond acceptors (Lipinski definition) is 5. The molecule has 4 aromatic rings. The smallest absolute Gasteiger partial charge is 0.420 e. The van der Waals surface area contributed by atoms with E-state index in [2.05, 4.69) is 26.0 Å². The van der Waals surface area contributed by atoms with E-state index in [0.29, 0.717) is 31.6 Å². The predicted molar refractivity (Wildman–Crippen MR) is 168 cm³/mol. The van der Waals surface area contributed by atoms with Crippen LogP contribution in [0.1, 0.15) is 27.0 Å². The van der Waals surface area contributed by atoms with Gasteiger partial charge in [-0.3, -0.25) is 9.59 Å². The Labute approximate surface area is 267 Å². The van der Waals surface area contributed by atoms with E-state index in [0.717, 1.165) is 32.3 Å². The summed E-state index contributed by atoms with van der Waals surface area (Å²) in [6.07, 6.45) is -4.52. The zero-order valence-electron chi connectivity index (χ0n) is 24.1. The van der Waals surface area contributed by atoms with Gasteiger partial charge in [0.1, 0.15) is 5.75 Å². The highest BCUT2D eigenvalue weighted by atomic mass is 79.9. The topological polar surface area (TPSA) is 102 Å². The minimum Gasteiger partial charge on any atom is -0.420 e. The number of carbonyl (C=O) groups excluding carboxylic acids is 3. The summed E-state index contributed by atoms with van der Waals surface area (Å²) in [6.45, 7) is 1.28. The molecule has 7 nitrogen and oxygen atoms in total. The summed E-state index contributed by atoms with van der Waals surface area (Å²) in [5.41, 5.74) is 10.1. The Morgan fingerprint density at radius 2 is 1.53 bits per heavy atom. The minimum atomic E-state index is -5.09. The lowest BCUT2D eigenvalue weighted by Crippen LogP contribution is -2.33. The van der Waals surface area contributed by atoms with Crippen LogP contribution in [0, 0.1) is 0 Å². The molecule has 0 fully saturated rings. The first kappa shape index (κ1) is 33.4. The van der Waals surface area contributed by atoms with Crippen molar-refractivity contribution in [1.82, 2.24) is 10.2 Å². The molecule has 0 aliphatic heterocycles. The molecule has 11 heteroatoms. The van der Waals surface area contributed by atoms with Crippen LogP contribution in [0.4, 0.5) is 13.2 Å². The van der Waals surface area contributed by atoms with Crippen LogP contribution < -0.4 is 15.8 Å². The number of amides is 2. The maximum absolute atomic E-state index is 13.6. The number of nitrogens with zero attached hydrogens (tertiary/aromatic N) is 1. The quantitative estimate of drug-likeness (QED) is 0.139. The predicted octanol–water partition coefficient (Wildman–Crippen LogP) is 6.09. The summed E-state index contributed by atoms with van der Waals surface area (Å²) in [5, 5.41) is 2.80. The molecule has 0 saturated heterocycles. The van der Waals surface area contributed by atoms with Crippen molar-refractivity contribution >= 4 is 33.7 Å². The molecule has 0 bridgehead atoms. The van der Waals surface area contributed by atoms with Crippen LogP contribution in [-0.4, -0.2) is 48.5 Å². The van der Waals surface area contributed by atoms with Gasteiger partial charge in [-0.05, 0) is 70.6 Å². The first-order chi connectivity index (χ1) is 21.5. The molecular formula is C34H31BrF3N3O4. The van der Waals surface area contributed by atoms with Gasteiger partial charge in [0, 0.05) is 36.2 Å². The van der Waals surface area contributed by atoms with E-state index in [1.807, 2.05) is 60.7 Å². The number of halogens is 4. The van der Waals surface area contributed by atoms with Crippen molar-refractivity contribution in [2.75, 3.05) is 19.6 Å². The SMILES string of the molecule is NCCNC(=O)c1ccccc1-c1cccc(CN(CCc2ccc(OC(=O)C(F)(F)F)cc2)C(=O)Cc2ccc(Br)cc2)c1. The van der Waals surface area contributed by atoms with Gasteiger partial charge in [0.05, 0.1) is 6.42 Å². The van der Waals surface area contributed by atoms with E-state index in [-0.39, 0.29) is 30.5 Å². The van der Waals surface area contributed by atoms with Crippen molar-refractivity contribution in [1.29, 1.82) is 0 Å². The molecule has 0 aliphatic rings. The zero-order chi connectivity index (χ0) is 32.4. The standard InChI is InChI=1S/C34H31BrF3N3O4/c35-27-12-8-24(9-13-27)21-31(42)41(19-16-23-10-14-28(15-11-23)45-33(44)34(36,37)38)22-25-4-3-5-26(20-25)29-6-1-2-7-30(29)32(43)40-18-17-39/h1-15,20H,16-19,21-22,39H2,(H,40,43). The number of nitrogens with two attached hydrogens (primary N) is 1. The minimum absolute atomic E-state index is 0.111. The normalized spacial score (nSPS) is 11.1. The Morgan fingerprint density at radius 3 is 2.22 bits per heavy atom. The van der Waals surface area contributed by atoms with Gasteiger partial charge in [0.25, 0.3) is 5.91 Å². The maximum Gasteiger partial charge on any atom is 0.491 e. The summed E-state index contributed by atoms with van der Waals surface area (Å²) in [7, 11) is 0. The highest BCUT2D eigenvalue weighted by Gasteiger charge is 2.41. The van der Waals surface area contributed by atoms with Crippen molar-refractivity contribution in [3.8, 4) is 16.9 Å². The Hall–Kier alpha value is -4.48. The van der Waals surface area contributed by atoms with Gasteiger partial charge in [-0.25, -0.2) is 4.79 Å². The first-order valence-corrected chi connectivity index (χ1v) is 14.9. The lowest BCUT2D eigenvalue weighted by atomic mass is 9.97. The molecule has 2 amide bonds. The number of hydrogen-bond donors (Lipinski definition) is 2. The second-order valence-corrected chi connectivity index (χ2v) is 11.1. The van der Waals surface area contributed by atoms with Crippen molar-refractivity contribution < 1.29 is 32.3 Å². The average Bonchev–Trinajstić information content (AvgIpc) is 3.03. The Balaban J connectivity index is 1.54. The molecule has 0 spiro atoms. The van der Waals surface area contributed by atoms with Gasteiger partial charge in [0.2, 0.25) is 5.91 Å². The van der Waals surface area contributed by atoms with Crippen LogP contribution in [0.25, 0.3) is 11.1 Å². The summed E-state index contributed by atoms with van der Waals surface area (Å²) in [6, 6.07) is 28.0. The number of benzene rings is 4. The lowest BCUT2D eigenvalue weighted by Gasteiger charge is -2.24. The number of nitrogens with one attached hydrogen (secondary N) is 1. The number of esters is 1. The third kappa shape index (κ3) is 9.75. The summed E-state index contributed by atoms with van der Waals surface area (Å²) in [5.74, 6) is -2.86. The van der Waals surface area contributed by atoms with Crippen LogP contribution in [0.2, 0.25) is 0 Å². The van der Waals surface area contributed by atoms with E-state index < -0.39 is 12.1 Å². The van der Waals surface area contributed by atoms with Crippen LogP contribution in [-0.2, 0) is 29.0 Å². The molecule has 0 heterocycles. The Bertz CT molecular complexity index is 1630. The molecule has 234 valence electrons. The Morgan fingerprint density at radius 1 is 0.844 bits per heavy atom. The van der Waals surface area contributed by atoms with Crippen molar-refractivity contribution in [2.24, 2.45) is 5.73 Å². The number of carbonyl (C=O) groups is 3. The molecule has 4 rings (SSSR count). The number of alkyl halides is 3. The third-order valence-electron chi connectivity index (χ3n) is 6.87. The summed E-state index contributed by atoms with van der Waals surface area (Å²) in [4.78, 5) is 39.2. The molecule has 0 atom stereocenters. The second kappa shape index (κ2) is 15.5. The molecule has 0 unspecified atom stereocenters. The Kier molecular flexibility index (Phi) is 11.5. The molecule has 3 N–H and O–H groups in total. The van der Waals surface area contributed by atoms with Gasteiger partial charge in [-0.1, -0.05) is 76.6 Å². The van der Waals surface area contributed by atoms with Gasteiger partial charge >= 0.3 is 12.1 Å². The first-order valence-electron chi connectivity index (χ1n) is 14.1. The zero-order valence-corrected chi connectivity index (χ0v) is 25.7. The second-order valence-electron chi connectivity index (χ2n) is 10.2. The summed E-state index contributed by atoms with van der Waals surface area (Å²) < 4.78 is 42.9. The van der Waals surface area contributed by atoms with E-state index in [4.69, 9.17) is 5.73 Å². The van der Waals surface area contributed by atoms with Crippen molar-refractivity contribution in [3.63, 3.8) is 0 Å². The van der Waals surface area contributed by atoms with Crippen LogP contribution in [0.3, 0.4) is 0 Å². The van der Waals surface area contributed by atoms with Gasteiger partial charge in [-0.15, -0.1) is 0 Å². The number of rotatable bonds is 12. The molecule has 0 aliphatic carbocycles. The van der Waals surface area contributed by atoms with Crippen LogP contribution in [0.15, 0.2) is 102 Å². The van der Waals surface area contributed by atoms with E-state index >= 15 is 0 Å². The molecular weight excluding hydrogens is 651 g/mol. The fourth-order valence-corrected chi connectivity index (χ4v) is 4.87. The van der Waals surface area contributed by atoms with Gasteiger partial charge in [-0.2, -0.15) is 13.2 Å². The van der Waals surface area contributed by atoms with Gasteiger partial charge < -0.3 is 20.7 Å². The lowest BCUT2D eigenvalue weighted by molar-refractivity contribution is -0.189. The molecule has 45 heavy (non-hydrogen) atoms. The largest absolute Gasteiger partial charge is 0.491 e. The third-order valence-corrected chi connectivity index (χ3v) is 7.40. The molecule has 0 radical (unpaired) electrons. The van der Waals surface area contributed by atoms with Crippen molar-refractivity contribution in [2.45, 2.75) is 25.6 Å². The van der Waals surface area contributed by atoms with Crippen molar-refractivity contribution in [3.05, 3.63) is 124 Å². The van der Waals surface area contributed by atoms with Crippen LogP contribution in [0.5, 0.6) is 5.75 Å². The highest BCUT2D eigenvalue weighted by molar-refractivity contribution is 9.10. The van der Waals surface area contributed by atoms with E-state index in [1.165, 1.54) is 12.1 Å². The average molecular weight is 683 g/mol.